The number of benzene rings is 1. The molecule has 1 atom stereocenters. The first-order chi connectivity index (χ1) is 5.68. The summed E-state index contributed by atoms with van der Waals surface area (Å²) < 4.78 is 0. The second-order valence-electron chi connectivity index (χ2n) is 2.85. The lowest BCUT2D eigenvalue weighted by Crippen LogP contribution is -2.15. The maximum atomic E-state index is 8.98. The molecule has 0 aliphatic heterocycles. The quantitative estimate of drug-likeness (QED) is 0.651. The van der Waals surface area contributed by atoms with Gasteiger partial charge in [-0.3, -0.25) is 0 Å². The lowest BCUT2D eigenvalue weighted by atomic mass is 10.3. The summed E-state index contributed by atoms with van der Waals surface area (Å²) in [6, 6.07) is 7.42. The zero-order valence-electron chi connectivity index (χ0n) is 7.53. The first-order valence-corrected chi connectivity index (χ1v) is 3.96. The lowest BCUT2D eigenvalue weighted by molar-refractivity contribution is 0.208. The van der Waals surface area contributed by atoms with E-state index in [1.165, 1.54) is 0 Å². The van der Waals surface area contributed by atoms with Crippen LogP contribution in [0.25, 0.3) is 0 Å². The van der Waals surface area contributed by atoms with Crippen LogP contribution in [-0.4, -0.2) is 17.8 Å². The van der Waals surface area contributed by atoms with Crippen LogP contribution in [0.1, 0.15) is 6.92 Å². The minimum absolute atomic E-state index is 0. The van der Waals surface area contributed by atoms with Crippen LogP contribution in [0.2, 0.25) is 0 Å². The zero-order valence-corrected chi connectivity index (χ0v) is 8.34. The van der Waals surface area contributed by atoms with Crippen molar-refractivity contribution in [1.82, 2.24) is 0 Å². The highest BCUT2D eigenvalue weighted by molar-refractivity contribution is 5.85. The van der Waals surface area contributed by atoms with E-state index in [1.807, 2.05) is 24.3 Å². The summed E-state index contributed by atoms with van der Waals surface area (Å²) >= 11 is 0. The summed E-state index contributed by atoms with van der Waals surface area (Å²) in [5.41, 5.74) is 7.23. The topological polar surface area (TPSA) is 58.3 Å². The van der Waals surface area contributed by atoms with Gasteiger partial charge < -0.3 is 16.2 Å². The van der Waals surface area contributed by atoms with Crippen molar-refractivity contribution in [2.45, 2.75) is 13.0 Å². The molecule has 1 unspecified atom stereocenters. The van der Waals surface area contributed by atoms with Crippen LogP contribution in [0.5, 0.6) is 0 Å². The van der Waals surface area contributed by atoms with E-state index in [0.717, 1.165) is 11.4 Å². The molecular weight excluding hydrogens is 188 g/mol. The molecule has 0 saturated heterocycles. The summed E-state index contributed by atoms with van der Waals surface area (Å²) in [6.07, 6.45) is -0.331. The van der Waals surface area contributed by atoms with Crippen molar-refractivity contribution in [2.75, 3.05) is 17.6 Å². The van der Waals surface area contributed by atoms with Crippen molar-refractivity contribution in [3.8, 4) is 0 Å². The molecule has 3 nitrogen and oxygen atoms in total. The maximum Gasteiger partial charge on any atom is 0.0684 e. The van der Waals surface area contributed by atoms with E-state index in [9.17, 15) is 0 Å². The molecule has 0 amide bonds. The fraction of sp³-hybridized carbons (Fsp3) is 0.333. The van der Waals surface area contributed by atoms with Crippen LogP contribution in [0.4, 0.5) is 11.4 Å². The molecule has 74 valence electrons. The summed E-state index contributed by atoms with van der Waals surface area (Å²) in [4.78, 5) is 0. The van der Waals surface area contributed by atoms with E-state index < -0.39 is 0 Å². The fourth-order valence-electron chi connectivity index (χ4n) is 0.867. The number of hydrogen-bond donors (Lipinski definition) is 3. The standard InChI is InChI=1S/C9H14N2O.ClH/c1-7(12)6-11-9-4-2-8(10)3-5-9;/h2-5,7,11-12H,6,10H2,1H3;1H. The fourth-order valence-corrected chi connectivity index (χ4v) is 0.867. The molecule has 0 heterocycles. The smallest absolute Gasteiger partial charge is 0.0684 e. The maximum absolute atomic E-state index is 8.98. The Morgan fingerprint density at radius 3 is 2.38 bits per heavy atom. The van der Waals surface area contributed by atoms with Gasteiger partial charge >= 0.3 is 0 Å². The number of nitrogen functional groups attached to an aromatic ring is 1. The molecule has 13 heavy (non-hydrogen) atoms. The second kappa shape index (κ2) is 5.67. The average molecular weight is 203 g/mol. The predicted molar refractivity (Wildman–Crippen MR) is 58.3 cm³/mol. The van der Waals surface area contributed by atoms with Crippen molar-refractivity contribution < 1.29 is 5.11 Å². The zero-order chi connectivity index (χ0) is 8.97. The van der Waals surface area contributed by atoms with Gasteiger partial charge in [-0.1, -0.05) is 0 Å². The van der Waals surface area contributed by atoms with Gasteiger partial charge in [0.15, 0.2) is 0 Å². The first-order valence-electron chi connectivity index (χ1n) is 3.96. The Labute approximate surface area is 84.4 Å². The molecule has 0 fully saturated rings. The minimum Gasteiger partial charge on any atom is -0.399 e. The number of hydrogen-bond acceptors (Lipinski definition) is 3. The Morgan fingerprint density at radius 2 is 1.92 bits per heavy atom. The number of aliphatic hydroxyl groups excluding tert-OH is 1. The molecule has 0 bridgehead atoms. The van der Waals surface area contributed by atoms with Gasteiger partial charge in [0.1, 0.15) is 0 Å². The number of halogens is 1. The Kier molecular flexibility index (Phi) is 5.26. The van der Waals surface area contributed by atoms with Gasteiger partial charge in [-0.05, 0) is 31.2 Å². The van der Waals surface area contributed by atoms with E-state index in [-0.39, 0.29) is 18.5 Å². The Morgan fingerprint density at radius 1 is 1.38 bits per heavy atom. The molecule has 4 heteroatoms. The number of aliphatic hydroxyl groups is 1. The summed E-state index contributed by atoms with van der Waals surface area (Å²) in [5, 5.41) is 12.0. The first kappa shape index (κ1) is 12.1. The SMILES string of the molecule is CC(O)CNc1ccc(N)cc1.Cl. The van der Waals surface area contributed by atoms with Crippen LogP contribution >= 0.6 is 12.4 Å². The minimum atomic E-state index is -0.331. The van der Waals surface area contributed by atoms with Crippen LogP contribution in [0.3, 0.4) is 0 Å². The largest absolute Gasteiger partial charge is 0.399 e. The van der Waals surface area contributed by atoms with Crippen LogP contribution in [-0.2, 0) is 0 Å². The highest BCUT2D eigenvalue weighted by Crippen LogP contribution is 2.09. The molecule has 0 radical (unpaired) electrons. The molecule has 0 aliphatic carbocycles. The number of nitrogens with one attached hydrogen (secondary N) is 1. The van der Waals surface area contributed by atoms with Gasteiger partial charge in [-0.15, -0.1) is 12.4 Å². The molecule has 4 N–H and O–H groups in total. The van der Waals surface area contributed by atoms with Crippen LogP contribution in [0.15, 0.2) is 24.3 Å². The lowest BCUT2D eigenvalue weighted by Gasteiger charge is -2.07. The van der Waals surface area contributed by atoms with E-state index in [0.29, 0.717) is 6.54 Å². The van der Waals surface area contributed by atoms with Crippen molar-refractivity contribution in [2.24, 2.45) is 0 Å². The normalized spacial score (nSPS) is 11.5. The Bertz CT molecular complexity index is 236. The Hall–Kier alpha value is -0.930. The van der Waals surface area contributed by atoms with Crippen molar-refractivity contribution >= 4 is 23.8 Å². The van der Waals surface area contributed by atoms with Gasteiger partial charge in [-0.2, -0.15) is 0 Å². The van der Waals surface area contributed by atoms with Gasteiger partial charge in [0.25, 0.3) is 0 Å². The van der Waals surface area contributed by atoms with Crippen molar-refractivity contribution in [3.05, 3.63) is 24.3 Å². The molecular formula is C9H15ClN2O. The van der Waals surface area contributed by atoms with E-state index in [4.69, 9.17) is 10.8 Å². The summed E-state index contributed by atoms with van der Waals surface area (Å²) in [6.45, 7) is 2.30. The second-order valence-corrected chi connectivity index (χ2v) is 2.85. The summed E-state index contributed by atoms with van der Waals surface area (Å²) in [5.74, 6) is 0. The summed E-state index contributed by atoms with van der Waals surface area (Å²) in [7, 11) is 0. The third-order valence-corrected chi connectivity index (χ3v) is 1.51. The van der Waals surface area contributed by atoms with E-state index in [1.54, 1.807) is 6.92 Å². The molecule has 1 rings (SSSR count). The van der Waals surface area contributed by atoms with Gasteiger partial charge in [0, 0.05) is 17.9 Å². The van der Waals surface area contributed by atoms with Gasteiger partial charge in [0.2, 0.25) is 0 Å². The van der Waals surface area contributed by atoms with Crippen molar-refractivity contribution in [1.29, 1.82) is 0 Å². The third-order valence-electron chi connectivity index (χ3n) is 1.51. The number of rotatable bonds is 3. The van der Waals surface area contributed by atoms with E-state index >= 15 is 0 Å². The highest BCUT2D eigenvalue weighted by atomic mass is 35.5. The van der Waals surface area contributed by atoms with Crippen LogP contribution in [0, 0.1) is 0 Å². The monoisotopic (exact) mass is 202 g/mol. The molecule has 1 aromatic carbocycles. The Balaban J connectivity index is 0.00000144. The van der Waals surface area contributed by atoms with E-state index in [2.05, 4.69) is 5.32 Å². The van der Waals surface area contributed by atoms with Gasteiger partial charge in [-0.25, -0.2) is 0 Å². The molecule has 0 spiro atoms. The molecule has 0 aromatic heterocycles. The number of nitrogens with two attached hydrogens (primary N) is 1. The predicted octanol–water partition coefficient (Wildman–Crippen LogP) is 1.48. The van der Waals surface area contributed by atoms with Gasteiger partial charge in [0.05, 0.1) is 6.10 Å². The van der Waals surface area contributed by atoms with Crippen LogP contribution < -0.4 is 11.1 Å². The van der Waals surface area contributed by atoms with Crippen molar-refractivity contribution in [3.63, 3.8) is 0 Å². The molecule has 0 saturated carbocycles. The molecule has 0 aliphatic rings. The number of anilines is 2. The third kappa shape index (κ3) is 4.60. The average Bonchev–Trinajstić information content (AvgIpc) is 2.03. The molecule has 1 aromatic rings. The highest BCUT2D eigenvalue weighted by Gasteiger charge is 1.94.